The van der Waals surface area contributed by atoms with Crippen molar-refractivity contribution in [2.45, 2.75) is 225 Å². The molecule has 0 radical (unpaired) electrons. The molecule has 3 rings (SSSR count). The maximum atomic E-state index is 7.38. The van der Waals surface area contributed by atoms with E-state index >= 15 is 0 Å². The van der Waals surface area contributed by atoms with E-state index in [4.69, 9.17) is 13.6 Å². The van der Waals surface area contributed by atoms with Crippen molar-refractivity contribution in [2.24, 2.45) is 0 Å². The van der Waals surface area contributed by atoms with Gasteiger partial charge < -0.3 is 13.6 Å². The molecule has 0 aromatic heterocycles. The highest BCUT2D eigenvalue weighted by Gasteiger charge is 2.41. The quantitative estimate of drug-likeness (QED) is 0.0346. The number of nitrogens with zero attached hydrogens (tertiary/aromatic N) is 1. The Hall–Kier alpha value is -2.07. The van der Waals surface area contributed by atoms with Gasteiger partial charge in [0.05, 0.1) is 12.2 Å². The molecule has 0 bridgehead atoms. The lowest BCUT2D eigenvalue weighted by molar-refractivity contribution is 0.0105. The molecule has 0 heterocycles. The molecule has 0 aliphatic heterocycles. The molecule has 0 saturated carbocycles. The number of benzene rings is 3. The van der Waals surface area contributed by atoms with Gasteiger partial charge in [-0.25, -0.2) is 0 Å². The van der Waals surface area contributed by atoms with Gasteiger partial charge >= 0.3 is 0 Å². The van der Waals surface area contributed by atoms with Crippen molar-refractivity contribution in [3.8, 4) is 0 Å². The zero-order chi connectivity index (χ0) is 46.2. The standard InChI is InChI=1S/C57H97NO3Si2/c1-13-15-17-19-21-34-44-53(60-62(9,10)55(3,4)5)48-58(49-54(45-35-22-20-18-16-14-2)61-63(11,12)56(6,7)8)46-36-23-24-37-47-59-57(50-38-28-25-29-39-50,51-40-30-26-31-41-51)52-42-32-27-33-43-52/h25-33,38-43,53-54H,13-24,34-37,44-49H2,1-12H3. The second-order valence-electron chi connectivity index (χ2n) is 21.9. The minimum absolute atomic E-state index is 0.185. The van der Waals surface area contributed by atoms with Crippen LogP contribution < -0.4 is 0 Å². The summed E-state index contributed by atoms with van der Waals surface area (Å²) in [6, 6.07) is 32.4. The maximum absolute atomic E-state index is 7.38. The Balaban J connectivity index is 1.81. The third-order valence-electron chi connectivity index (χ3n) is 14.4. The topological polar surface area (TPSA) is 30.9 Å². The Bertz CT molecular complexity index is 1440. The lowest BCUT2D eigenvalue weighted by Crippen LogP contribution is -2.50. The van der Waals surface area contributed by atoms with E-state index in [2.05, 4.69) is 177 Å². The fourth-order valence-electron chi connectivity index (χ4n) is 8.48. The van der Waals surface area contributed by atoms with Crippen molar-refractivity contribution in [3.63, 3.8) is 0 Å². The van der Waals surface area contributed by atoms with Gasteiger partial charge in [0.25, 0.3) is 0 Å². The molecule has 0 saturated heterocycles. The molecular formula is C57H97NO3Si2. The molecule has 6 heteroatoms. The number of hydrogen-bond donors (Lipinski definition) is 0. The van der Waals surface area contributed by atoms with Crippen LogP contribution in [-0.4, -0.2) is 60.0 Å². The molecule has 0 amide bonds. The molecule has 3 aromatic rings. The Kier molecular flexibility index (Phi) is 24.7. The molecule has 4 nitrogen and oxygen atoms in total. The highest BCUT2D eigenvalue weighted by atomic mass is 28.4. The summed E-state index contributed by atoms with van der Waals surface area (Å²) in [5.41, 5.74) is 2.85. The van der Waals surface area contributed by atoms with E-state index in [1.165, 1.54) is 107 Å². The Morgan fingerprint density at radius 3 is 1.14 bits per heavy atom. The van der Waals surface area contributed by atoms with Crippen molar-refractivity contribution in [3.05, 3.63) is 108 Å². The number of unbranched alkanes of at least 4 members (excludes halogenated alkanes) is 13. The summed E-state index contributed by atoms with van der Waals surface area (Å²) in [5.74, 6) is 0. The van der Waals surface area contributed by atoms with Crippen LogP contribution in [0.5, 0.6) is 0 Å². The van der Waals surface area contributed by atoms with Crippen LogP contribution in [-0.2, 0) is 19.2 Å². The molecule has 2 atom stereocenters. The fourth-order valence-corrected chi connectivity index (χ4v) is 11.2. The van der Waals surface area contributed by atoms with Gasteiger partial charge in [-0.15, -0.1) is 0 Å². The first-order valence-electron chi connectivity index (χ1n) is 25.9. The van der Waals surface area contributed by atoms with Crippen LogP contribution in [0.4, 0.5) is 0 Å². The highest BCUT2D eigenvalue weighted by Crippen LogP contribution is 2.42. The molecule has 0 N–H and O–H groups in total. The van der Waals surface area contributed by atoms with Crippen molar-refractivity contribution in [1.29, 1.82) is 0 Å². The Morgan fingerprint density at radius 2 is 0.778 bits per heavy atom. The van der Waals surface area contributed by atoms with E-state index in [1.54, 1.807) is 0 Å². The van der Waals surface area contributed by atoms with Crippen LogP contribution >= 0.6 is 0 Å². The van der Waals surface area contributed by atoms with Gasteiger partial charge in [-0.05, 0) is 85.2 Å². The van der Waals surface area contributed by atoms with E-state index in [9.17, 15) is 0 Å². The predicted octanol–water partition coefficient (Wildman–Crippen LogP) is 17.1. The molecule has 0 aliphatic rings. The van der Waals surface area contributed by atoms with Crippen molar-refractivity contribution < 1.29 is 13.6 Å². The van der Waals surface area contributed by atoms with Gasteiger partial charge in [0, 0.05) is 19.7 Å². The fraction of sp³-hybridized carbons (Fsp3) is 0.684. The summed E-state index contributed by atoms with van der Waals surface area (Å²) in [5, 5.41) is 0.369. The Morgan fingerprint density at radius 1 is 0.444 bits per heavy atom. The smallest absolute Gasteiger partial charge is 0.192 e. The molecule has 3 aromatic carbocycles. The van der Waals surface area contributed by atoms with Gasteiger partial charge in [-0.1, -0.05) is 236 Å². The van der Waals surface area contributed by atoms with Gasteiger partial charge in [-0.2, -0.15) is 0 Å². The zero-order valence-electron chi connectivity index (χ0n) is 43.0. The van der Waals surface area contributed by atoms with Crippen LogP contribution in [0.3, 0.4) is 0 Å². The molecule has 356 valence electrons. The first-order chi connectivity index (χ1) is 30.0. The first-order valence-corrected chi connectivity index (χ1v) is 31.7. The van der Waals surface area contributed by atoms with Gasteiger partial charge in [0.15, 0.2) is 16.6 Å². The van der Waals surface area contributed by atoms with Crippen molar-refractivity contribution >= 4 is 16.6 Å². The molecule has 0 spiro atoms. The lowest BCUT2D eigenvalue weighted by Gasteiger charge is -2.42. The summed E-state index contributed by atoms with van der Waals surface area (Å²) >= 11 is 0. The molecular weight excluding hydrogens is 803 g/mol. The van der Waals surface area contributed by atoms with Gasteiger partial charge in [0.2, 0.25) is 0 Å². The van der Waals surface area contributed by atoms with Crippen LogP contribution in [0.25, 0.3) is 0 Å². The van der Waals surface area contributed by atoms with Crippen molar-refractivity contribution in [1.82, 2.24) is 4.90 Å². The van der Waals surface area contributed by atoms with Gasteiger partial charge in [-0.3, -0.25) is 4.90 Å². The third-order valence-corrected chi connectivity index (χ3v) is 23.5. The van der Waals surface area contributed by atoms with Crippen LogP contribution in [0.15, 0.2) is 91.0 Å². The first kappa shape index (κ1) is 55.3. The normalized spacial score (nSPS) is 14.0. The Labute approximate surface area is 392 Å². The third kappa shape index (κ3) is 19.0. The molecule has 63 heavy (non-hydrogen) atoms. The minimum Gasteiger partial charge on any atom is -0.413 e. The summed E-state index contributed by atoms with van der Waals surface area (Å²) in [6.07, 6.45) is 23.2. The minimum atomic E-state index is -1.96. The number of hydrogen-bond acceptors (Lipinski definition) is 4. The molecule has 2 unspecified atom stereocenters. The SMILES string of the molecule is CCCCCCCCC(CN(CCCCCCOC(c1ccccc1)(c1ccccc1)c1ccccc1)CC(CCCCCCCC)O[Si](C)(C)C(C)(C)C)O[Si](C)(C)C(C)(C)C. The van der Waals surface area contributed by atoms with E-state index < -0.39 is 22.2 Å². The van der Waals surface area contributed by atoms with Gasteiger partial charge in [0.1, 0.15) is 5.60 Å². The second kappa shape index (κ2) is 28.2. The van der Waals surface area contributed by atoms with Crippen LogP contribution in [0, 0.1) is 0 Å². The van der Waals surface area contributed by atoms with E-state index in [0.29, 0.717) is 6.61 Å². The van der Waals surface area contributed by atoms with E-state index in [-0.39, 0.29) is 22.3 Å². The van der Waals surface area contributed by atoms with E-state index in [1.807, 2.05) is 0 Å². The average Bonchev–Trinajstić information content (AvgIpc) is 3.24. The summed E-state index contributed by atoms with van der Waals surface area (Å²) in [4.78, 5) is 2.80. The predicted molar refractivity (Wildman–Crippen MR) is 280 cm³/mol. The maximum Gasteiger partial charge on any atom is 0.192 e. The zero-order valence-corrected chi connectivity index (χ0v) is 45.0. The number of ether oxygens (including phenoxy) is 1. The van der Waals surface area contributed by atoms with E-state index in [0.717, 1.165) is 45.3 Å². The lowest BCUT2D eigenvalue weighted by atomic mass is 9.80. The summed E-state index contributed by atoms with van der Waals surface area (Å²) in [6.45, 7) is 32.6. The average molecular weight is 901 g/mol. The monoisotopic (exact) mass is 900 g/mol. The number of rotatable bonds is 33. The van der Waals surface area contributed by atoms with Crippen LogP contribution in [0.2, 0.25) is 36.3 Å². The van der Waals surface area contributed by atoms with Crippen molar-refractivity contribution in [2.75, 3.05) is 26.2 Å². The second-order valence-corrected chi connectivity index (χ2v) is 31.4. The summed E-state index contributed by atoms with van der Waals surface area (Å²) in [7, 11) is -3.93. The highest BCUT2D eigenvalue weighted by molar-refractivity contribution is 6.74. The largest absolute Gasteiger partial charge is 0.413 e. The summed E-state index contributed by atoms with van der Waals surface area (Å²) < 4.78 is 21.9. The molecule has 0 fully saturated rings. The van der Waals surface area contributed by atoms with Crippen LogP contribution in [0.1, 0.15) is 188 Å². The molecule has 0 aliphatic carbocycles.